The number of aromatic hydroxyl groups is 1. The van der Waals surface area contributed by atoms with Gasteiger partial charge in [0.15, 0.2) is 5.75 Å². The van der Waals surface area contributed by atoms with E-state index in [1.54, 1.807) is 0 Å². The van der Waals surface area contributed by atoms with E-state index in [0.717, 1.165) is 0 Å². The summed E-state index contributed by atoms with van der Waals surface area (Å²) in [7, 11) is 0. The molecule has 0 aliphatic heterocycles. The molecule has 1 heterocycles. The van der Waals surface area contributed by atoms with Gasteiger partial charge in [-0.2, -0.15) is 0 Å². The highest BCUT2D eigenvalue weighted by molar-refractivity contribution is 14.1. The Morgan fingerprint density at radius 3 is 2.57 bits per heavy atom. The van der Waals surface area contributed by atoms with Crippen molar-refractivity contribution in [2.24, 2.45) is 0 Å². The summed E-state index contributed by atoms with van der Waals surface area (Å²) in [4.78, 5) is 13.9. The maximum atomic E-state index is 12.2. The standard InChI is InChI=1S/C7H4F2INO3/c8-5(9)3-1-2(7(13)14)4(12)6(10)11-3/h1,5,12H,(H,13,14). The first-order valence-corrected chi connectivity index (χ1v) is 4.42. The summed E-state index contributed by atoms with van der Waals surface area (Å²) in [5, 5.41) is 17.7. The second kappa shape index (κ2) is 4.03. The highest BCUT2D eigenvalue weighted by Gasteiger charge is 2.19. The summed E-state index contributed by atoms with van der Waals surface area (Å²) in [6, 6.07) is 0.657. The van der Waals surface area contributed by atoms with Crippen LogP contribution < -0.4 is 0 Å². The highest BCUT2D eigenvalue weighted by Crippen LogP contribution is 2.27. The lowest BCUT2D eigenvalue weighted by molar-refractivity contribution is 0.0692. The summed E-state index contributed by atoms with van der Waals surface area (Å²) in [5.41, 5.74) is -1.23. The number of rotatable bonds is 2. The number of hydrogen-bond acceptors (Lipinski definition) is 3. The average molecular weight is 315 g/mol. The zero-order chi connectivity index (χ0) is 10.9. The molecule has 0 radical (unpaired) electrons. The molecular weight excluding hydrogens is 311 g/mol. The third kappa shape index (κ3) is 2.08. The number of carbonyl (C=O) groups is 1. The van der Waals surface area contributed by atoms with Crippen LogP contribution in [0.1, 0.15) is 22.5 Å². The summed E-state index contributed by atoms with van der Waals surface area (Å²) in [6.07, 6.45) is -2.86. The molecule has 1 rings (SSSR count). The molecule has 0 aliphatic rings. The van der Waals surface area contributed by atoms with Crippen LogP contribution in [-0.2, 0) is 0 Å². The molecule has 0 aromatic carbocycles. The number of carboxylic acids is 1. The first kappa shape index (κ1) is 11.1. The number of carboxylic acid groups (broad SMARTS) is 1. The molecule has 1 aromatic heterocycles. The molecule has 1 aromatic rings. The Labute approximate surface area is 90.7 Å². The minimum atomic E-state index is -2.86. The molecular formula is C7H4F2INO3. The van der Waals surface area contributed by atoms with Crippen LogP contribution in [-0.4, -0.2) is 21.2 Å². The van der Waals surface area contributed by atoms with Crippen LogP contribution in [0.25, 0.3) is 0 Å². The van der Waals surface area contributed by atoms with E-state index in [1.165, 1.54) is 22.6 Å². The predicted molar refractivity (Wildman–Crippen MR) is 50.5 cm³/mol. The molecule has 0 aliphatic carbocycles. The van der Waals surface area contributed by atoms with Crippen molar-refractivity contribution in [3.05, 3.63) is 21.0 Å². The van der Waals surface area contributed by atoms with Gasteiger partial charge >= 0.3 is 5.97 Å². The summed E-state index contributed by atoms with van der Waals surface area (Å²) in [5.74, 6) is -2.06. The molecule has 0 fully saturated rings. The fourth-order valence-electron chi connectivity index (χ4n) is 0.801. The third-order valence-electron chi connectivity index (χ3n) is 1.42. The Bertz CT molecular complexity index is 383. The molecule has 0 spiro atoms. The van der Waals surface area contributed by atoms with Gasteiger partial charge in [0.05, 0.1) is 0 Å². The van der Waals surface area contributed by atoms with E-state index in [2.05, 4.69) is 4.98 Å². The molecule has 0 amide bonds. The fraction of sp³-hybridized carbons (Fsp3) is 0.143. The van der Waals surface area contributed by atoms with Gasteiger partial charge in [0.2, 0.25) is 0 Å². The van der Waals surface area contributed by atoms with Gasteiger partial charge in [0, 0.05) is 0 Å². The van der Waals surface area contributed by atoms with Gasteiger partial charge in [-0.3, -0.25) is 0 Å². The predicted octanol–water partition coefficient (Wildman–Crippen LogP) is 2.03. The van der Waals surface area contributed by atoms with Gasteiger partial charge in [-0.1, -0.05) is 0 Å². The van der Waals surface area contributed by atoms with E-state index in [-0.39, 0.29) is 3.70 Å². The quantitative estimate of drug-likeness (QED) is 0.647. The normalized spacial score (nSPS) is 10.6. The van der Waals surface area contributed by atoms with Crippen molar-refractivity contribution in [3.63, 3.8) is 0 Å². The molecule has 0 unspecified atom stereocenters. The van der Waals surface area contributed by atoms with Gasteiger partial charge in [-0.05, 0) is 28.7 Å². The maximum absolute atomic E-state index is 12.2. The zero-order valence-electron chi connectivity index (χ0n) is 6.54. The molecule has 0 bridgehead atoms. The number of nitrogens with zero attached hydrogens (tertiary/aromatic N) is 1. The van der Waals surface area contributed by atoms with Crippen LogP contribution >= 0.6 is 22.6 Å². The van der Waals surface area contributed by atoms with Crippen LogP contribution in [0.3, 0.4) is 0 Å². The third-order valence-corrected chi connectivity index (χ3v) is 2.18. The molecule has 14 heavy (non-hydrogen) atoms. The number of halogens is 3. The van der Waals surface area contributed by atoms with Crippen LogP contribution in [0.2, 0.25) is 0 Å². The van der Waals surface area contributed by atoms with Crippen molar-refractivity contribution >= 4 is 28.6 Å². The van der Waals surface area contributed by atoms with Crippen molar-refractivity contribution < 1.29 is 23.8 Å². The molecule has 76 valence electrons. The molecule has 0 saturated heterocycles. The molecule has 0 atom stereocenters. The SMILES string of the molecule is O=C(O)c1cc(C(F)F)nc(I)c1O. The fourth-order valence-corrected chi connectivity index (χ4v) is 1.37. The van der Waals surface area contributed by atoms with E-state index < -0.39 is 29.4 Å². The Morgan fingerprint density at radius 2 is 2.14 bits per heavy atom. The Hall–Kier alpha value is -0.990. The van der Waals surface area contributed by atoms with Crippen molar-refractivity contribution in [2.75, 3.05) is 0 Å². The molecule has 7 heteroatoms. The van der Waals surface area contributed by atoms with Gasteiger partial charge in [-0.15, -0.1) is 0 Å². The van der Waals surface area contributed by atoms with E-state index in [4.69, 9.17) is 5.11 Å². The van der Waals surface area contributed by atoms with Crippen molar-refractivity contribution in [1.29, 1.82) is 0 Å². The number of pyridine rings is 1. The topological polar surface area (TPSA) is 70.4 Å². The van der Waals surface area contributed by atoms with Crippen molar-refractivity contribution in [1.82, 2.24) is 4.98 Å². The Balaban J connectivity index is 3.35. The lowest BCUT2D eigenvalue weighted by atomic mass is 10.2. The number of hydrogen-bond donors (Lipinski definition) is 2. The van der Waals surface area contributed by atoms with Crippen molar-refractivity contribution in [3.8, 4) is 5.75 Å². The lowest BCUT2D eigenvalue weighted by Gasteiger charge is -2.04. The van der Waals surface area contributed by atoms with Gasteiger partial charge < -0.3 is 10.2 Å². The molecule has 0 saturated carbocycles. The number of alkyl halides is 2. The van der Waals surface area contributed by atoms with Crippen LogP contribution in [0.4, 0.5) is 8.78 Å². The first-order chi connectivity index (χ1) is 6.43. The minimum absolute atomic E-state index is 0.155. The van der Waals surface area contributed by atoms with Gasteiger partial charge in [-0.25, -0.2) is 18.6 Å². The number of aromatic carboxylic acids is 1. The first-order valence-electron chi connectivity index (χ1n) is 3.34. The Morgan fingerprint density at radius 1 is 1.57 bits per heavy atom. The van der Waals surface area contributed by atoms with E-state index in [0.29, 0.717) is 6.07 Å². The second-order valence-corrected chi connectivity index (χ2v) is 3.36. The second-order valence-electron chi connectivity index (χ2n) is 2.34. The van der Waals surface area contributed by atoms with E-state index >= 15 is 0 Å². The monoisotopic (exact) mass is 315 g/mol. The summed E-state index contributed by atoms with van der Waals surface area (Å²) >= 11 is 1.48. The molecule has 2 N–H and O–H groups in total. The Kier molecular flexibility index (Phi) is 3.19. The van der Waals surface area contributed by atoms with Crippen LogP contribution in [0, 0.1) is 3.70 Å². The zero-order valence-corrected chi connectivity index (χ0v) is 8.70. The average Bonchev–Trinajstić information content (AvgIpc) is 2.08. The van der Waals surface area contributed by atoms with Gasteiger partial charge in [0.1, 0.15) is 15.0 Å². The summed E-state index contributed by atoms with van der Waals surface area (Å²) in [6.45, 7) is 0. The highest BCUT2D eigenvalue weighted by atomic mass is 127. The van der Waals surface area contributed by atoms with Gasteiger partial charge in [0.25, 0.3) is 6.43 Å². The van der Waals surface area contributed by atoms with Crippen LogP contribution in [0.15, 0.2) is 6.07 Å². The smallest absolute Gasteiger partial charge is 0.339 e. The maximum Gasteiger partial charge on any atom is 0.339 e. The lowest BCUT2D eigenvalue weighted by Crippen LogP contribution is -2.03. The van der Waals surface area contributed by atoms with Crippen LogP contribution in [0.5, 0.6) is 5.75 Å². The molecule has 4 nitrogen and oxygen atoms in total. The van der Waals surface area contributed by atoms with E-state index in [1.807, 2.05) is 0 Å². The largest absolute Gasteiger partial charge is 0.504 e. The van der Waals surface area contributed by atoms with Crippen molar-refractivity contribution in [2.45, 2.75) is 6.43 Å². The van der Waals surface area contributed by atoms with E-state index in [9.17, 15) is 18.7 Å². The summed E-state index contributed by atoms with van der Waals surface area (Å²) < 4.78 is 24.2. The number of aromatic nitrogens is 1. The minimum Gasteiger partial charge on any atom is -0.504 e.